The van der Waals surface area contributed by atoms with Crippen LogP contribution in [0.5, 0.6) is 0 Å². The van der Waals surface area contributed by atoms with Crippen molar-refractivity contribution in [3.8, 4) is 0 Å². The third kappa shape index (κ3) is 4.68. The highest BCUT2D eigenvalue weighted by Gasteiger charge is 2.31. The lowest BCUT2D eigenvalue weighted by Gasteiger charge is -2.30. The fourth-order valence-corrected chi connectivity index (χ4v) is 6.81. The van der Waals surface area contributed by atoms with Crippen LogP contribution in [0.4, 0.5) is 5.69 Å². The van der Waals surface area contributed by atoms with Crippen LogP contribution < -0.4 is 5.32 Å². The molecule has 10 heteroatoms. The lowest BCUT2D eigenvalue weighted by atomic mass is 9.94. The summed E-state index contributed by atoms with van der Waals surface area (Å²) >= 11 is 4.78. The number of nitrogens with zero attached hydrogens (tertiary/aromatic N) is 4. The summed E-state index contributed by atoms with van der Waals surface area (Å²) in [5.74, 6) is 1.12. The minimum atomic E-state index is -0.223. The molecular weight excluding hydrogens is 486 g/mol. The minimum Gasteiger partial charge on any atom is -0.370 e. The number of aryl methyl sites for hydroxylation is 1. The Balaban J connectivity index is 1.49. The summed E-state index contributed by atoms with van der Waals surface area (Å²) in [6, 6.07) is 7.80. The molecule has 7 nitrogen and oxygen atoms in total. The standard InChI is InChI=1S/C24H27N5O2S3/c1-5-9-32-22-26-21-19(16-11-24(3,4)31-12-17(16)34-21)20-27-28-23(29(20)22)33-13-18(30)25-15-8-6-7-14(2)10-15/h6-8,10H,5,9,11-13H2,1-4H3,(H,25,30). The van der Waals surface area contributed by atoms with Gasteiger partial charge in [0.15, 0.2) is 16.0 Å². The predicted octanol–water partition coefficient (Wildman–Crippen LogP) is 5.73. The van der Waals surface area contributed by atoms with Gasteiger partial charge in [-0.3, -0.25) is 4.79 Å². The van der Waals surface area contributed by atoms with E-state index in [4.69, 9.17) is 9.72 Å². The Kier molecular flexibility index (Phi) is 6.58. The van der Waals surface area contributed by atoms with Crippen molar-refractivity contribution in [2.24, 2.45) is 0 Å². The van der Waals surface area contributed by atoms with E-state index in [0.29, 0.717) is 11.8 Å². The molecule has 1 amide bonds. The van der Waals surface area contributed by atoms with Crippen LogP contribution in [0.1, 0.15) is 43.2 Å². The predicted molar refractivity (Wildman–Crippen MR) is 140 cm³/mol. The Hall–Kier alpha value is -2.14. The maximum Gasteiger partial charge on any atom is 0.234 e. The highest BCUT2D eigenvalue weighted by atomic mass is 32.2. The lowest BCUT2D eigenvalue weighted by Crippen LogP contribution is -2.31. The van der Waals surface area contributed by atoms with Crippen LogP contribution >= 0.6 is 34.9 Å². The third-order valence-corrected chi connectivity index (χ3v) is 8.76. The lowest BCUT2D eigenvalue weighted by molar-refractivity contribution is -0.113. The van der Waals surface area contributed by atoms with E-state index >= 15 is 0 Å². The summed E-state index contributed by atoms with van der Waals surface area (Å²) in [6.45, 7) is 9.00. The summed E-state index contributed by atoms with van der Waals surface area (Å²) in [4.78, 5) is 19.9. The summed E-state index contributed by atoms with van der Waals surface area (Å²) in [5, 5.41) is 14.7. The van der Waals surface area contributed by atoms with Crippen molar-refractivity contribution in [1.82, 2.24) is 19.6 Å². The number of thiophene rings is 1. The van der Waals surface area contributed by atoms with Gasteiger partial charge in [0.05, 0.1) is 23.3 Å². The average Bonchev–Trinajstić information content (AvgIpc) is 3.36. The quantitative estimate of drug-likeness (QED) is 0.250. The fourth-order valence-electron chi connectivity index (χ4n) is 4.02. The van der Waals surface area contributed by atoms with Crippen LogP contribution in [0.2, 0.25) is 0 Å². The molecule has 0 radical (unpaired) electrons. The zero-order valence-electron chi connectivity index (χ0n) is 19.7. The average molecular weight is 514 g/mol. The zero-order valence-corrected chi connectivity index (χ0v) is 22.1. The monoisotopic (exact) mass is 513 g/mol. The van der Waals surface area contributed by atoms with Crippen molar-refractivity contribution in [2.45, 2.75) is 63.1 Å². The molecule has 178 valence electrons. The Morgan fingerprint density at radius 3 is 2.91 bits per heavy atom. The van der Waals surface area contributed by atoms with E-state index in [-0.39, 0.29) is 17.3 Å². The van der Waals surface area contributed by atoms with Gasteiger partial charge in [0.1, 0.15) is 4.83 Å². The Morgan fingerprint density at radius 1 is 1.26 bits per heavy atom. The number of thioether (sulfide) groups is 2. The van der Waals surface area contributed by atoms with Crippen molar-refractivity contribution in [1.29, 1.82) is 0 Å². The van der Waals surface area contributed by atoms with E-state index in [1.807, 2.05) is 35.6 Å². The second-order valence-corrected chi connectivity index (χ2v) is 12.1. The van der Waals surface area contributed by atoms with Crippen molar-refractivity contribution in [2.75, 3.05) is 16.8 Å². The van der Waals surface area contributed by atoms with Gasteiger partial charge in [-0.1, -0.05) is 42.6 Å². The molecule has 4 heterocycles. The summed E-state index contributed by atoms with van der Waals surface area (Å²) < 4.78 is 8.07. The van der Waals surface area contributed by atoms with E-state index < -0.39 is 0 Å². The summed E-state index contributed by atoms with van der Waals surface area (Å²) in [7, 11) is 0. The van der Waals surface area contributed by atoms with E-state index in [1.165, 1.54) is 22.2 Å². The van der Waals surface area contributed by atoms with Crippen molar-refractivity contribution >= 4 is 62.3 Å². The second kappa shape index (κ2) is 9.49. The second-order valence-electron chi connectivity index (χ2n) is 9.00. The molecule has 1 aliphatic heterocycles. The number of carbonyl (C=O) groups is 1. The molecule has 0 unspecified atom stereocenters. The topological polar surface area (TPSA) is 81.4 Å². The molecule has 0 atom stereocenters. The molecule has 1 N–H and O–H groups in total. The first-order chi connectivity index (χ1) is 16.3. The van der Waals surface area contributed by atoms with Gasteiger partial charge in [0, 0.05) is 22.7 Å². The number of amides is 1. The number of anilines is 1. The Morgan fingerprint density at radius 2 is 2.12 bits per heavy atom. The molecule has 0 saturated carbocycles. The van der Waals surface area contributed by atoms with E-state index in [1.54, 1.807) is 23.1 Å². The first kappa shape index (κ1) is 23.6. The van der Waals surface area contributed by atoms with Crippen LogP contribution in [0.15, 0.2) is 34.6 Å². The molecule has 0 fully saturated rings. The van der Waals surface area contributed by atoms with Crippen molar-refractivity contribution in [3.63, 3.8) is 0 Å². The van der Waals surface area contributed by atoms with E-state index in [9.17, 15) is 4.79 Å². The van der Waals surface area contributed by atoms with Crippen molar-refractivity contribution < 1.29 is 9.53 Å². The Labute approximate surface area is 211 Å². The number of hydrogen-bond donors (Lipinski definition) is 1. The van der Waals surface area contributed by atoms with E-state index in [2.05, 4.69) is 36.3 Å². The zero-order chi connectivity index (χ0) is 23.9. The number of benzene rings is 1. The molecule has 0 bridgehead atoms. The first-order valence-electron chi connectivity index (χ1n) is 11.3. The van der Waals surface area contributed by atoms with Gasteiger partial charge in [-0.25, -0.2) is 9.38 Å². The smallest absolute Gasteiger partial charge is 0.234 e. The molecule has 3 aromatic heterocycles. The number of fused-ring (bicyclic) bond motifs is 5. The van der Waals surface area contributed by atoms with Crippen LogP contribution in [-0.4, -0.2) is 42.6 Å². The number of aromatic nitrogens is 4. The van der Waals surface area contributed by atoms with Crippen LogP contribution in [0, 0.1) is 6.92 Å². The molecule has 0 saturated heterocycles. The minimum absolute atomic E-state index is 0.0732. The molecule has 34 heavy (non-hydrogen) atoms. The number of carbonyl (C=O) groups excluding carboxylic acids is 1. The van der Waals surface area contributed by atoms with Gasteiger partial charge in [0.25, 0.3) is 0 Å². The van der Waals surface area contributed by atoms with Crippen LogP contribution in [-0.2, 0) is 22.6 Å². The molecular formula is C24H27N5O2S3. The maximum atomic E-state index is 12.6. The Bertz CT molecular complexity index is 1380. The van der Waals surface area contributed by atoms with Gasteiger partial charge in [-0.05, 0) is 50.5 Å². The molecule has 4 aromatic rings. The maximum absolute atomic E-state index is 12.6. The fraction of sp³-hybridized carbons (Fsp3) is 0.417. The van der Waals surface area contributed by atoms with Crippen LogP contribution in [0.3, 0.4) is 0 Å². The summed E-state index contributed by atoms with van der Waals surface area (Å²) in [6.07, 6.45) is 1.85. The third-order valence-electron chi connectivity index (χ3n) is 5.58. The summed E-state index contributed by atoms with van der Waals surface area (Å²) in [5.41, 5.74) is 3.77. The van der Waals surface area contributed by atoms with Gasteiger partial charge < -0.3 is 10.1 Å². The molecule has 0 spiro atoms. The molecule has 5 rings (SSSR count). The van der Waals surface area contributed by atoms with Gasteiger partial charge in [-0.2, -0.15) is 0 Å². The highest BCUT2D eigenvalue weighted by Crippen LogP contribution is 2.41. The molecule has 1 aromatic carbocycles. The number of rotatable bonds is 7. The molecule has 1 aliphatic rings. The number of hydrogen-bond acceptors (Lipinski definition) is 8. The normalized spacial score (nSPS) is 15.1. The largest absolute Gasteiger partial charge is 0.370 e. The van der Waals surface area contributed by atoms with Gasteiger partial charge in [0.2, 0.25) is 5.91 Å². The molecule has 0 aliphatic carbocycles. The van der Waals surface area contributed by atoms with Gasteiger partial charge in [-0.15, -0.1) is 21.5 Å². The number of nitrogens with one attached hydrogen (secondary N) is 1. The SMILES string of the molecule is CCCSc1nc2sc3c(c2c2nnc(SCC(=O)Nc4cccc(C)c4)n12)CC(C)(C)OC3. The van der Waals surface area contributed by atoms with Crippen molar-refractivity contribution in [3.05, 3.63) is 40.3 Å². The van der Waals surface area contributed by atoms with E-state index in [0.717, 1.165) is 50.9 Å². The number of ether oxygens (including phenoxy) is 1. The first-order valence-corrected chi connectivity index (χ1v) is 14.1. The van der Waals surface area contributed by atoms with Crippen LogP contribution in [0.25, 0.3) is 15.9 Å². The van der Waals surface area contributed by atoms with Gasteiger partial charge >= 0.3 is 0 Å². The highest BCUT2D eigenvalue weighted by molar-refractivity contribution is 8.00.